The average molecular weight is 469 g/mol. The third-order valence-corrected chi connectivity index (χ3v) is 8.07. The fraction of sp³-hybridized carbons (Fsp3) is 0.0270. The van der Waals surface area contributed by atoms with Crippen molar-refractivity contribution in [2.75, 3.05) is 0 Å². The molecule has 0 unspecified atom stereocenters. The highest BCUT2D eigenvalue weighted by molar-refractivity contribution is 6.23. The van der Waals surface area contributed by atoms with Crippen molar-refractivity contribution in [3.05, 3.63) is 145 Å². The van der Waals surface area contributed by atoms with Crippen molar-refractivity contribution >= 4 is 32.3 Å². The van der Waals surface area contributed by atoms with Crippen LogP contribution in [0.15, 0.2) is 133 Å². The lowest BCUT2D eigenvalue weighted by molar-refractivity contribution is 1.26. The zero-order valence-electron chi connectivity index (χ0n) is 20.4. The number of hydrogen-bond acceptors (Lipinski definition) is 0. The number of hydrogen-bond donors (Lipinski definition) is 0. The summed E-state index contributed by atoms with van der Waals surface area (Å²) in [6.07, 6.45) is 1.00. The SMILES string of the molecule is c1ccc2c(c1)Cc1cc(-c3c4ccccc4c(-c4cccc5ccccc45)c4ccccc34)ccc1-2. The van der Waals surface area contributed by atoms with E-state index in [0.717, 1.165) is 6.42 Å². The van der Waals surface area contributed by atoms with Crippen molar-refractivity contribution in [1.29, 1.82) is 0 Å². The monoisotopic (exact) mass is 468 g/mol. The first-order valence-electron chi connectivity index (χ1n) is 13.0. The molecule has 0 radical (unpaired) electrons. The molecule has 1 aliphatic carbocycles. The van der Waals surface area contributed by atoms with Gasteiger partial charge in [-0.05, 0) is 83.2 Å². The van der Waals surface area contributed by atoms with Crippen molar-refractivity contribution in [3.63, 3.8) is 0 Å². The van der Waals surface area contributed by atoms with Crippen molar-refractivity contribution in [2.45, 2.75) is 6.42 Å². The molecular weight excluding hydrogens is 444 g/mol. The Kier molecular flexibility index (Phi) is 4.39. The van der Waals surface area contributed by atoms with E-state index >= 15 is 0 Å². The first-order valence-corrected chi connectivity index (χ1v) is 13.0. The van der Waals surface area contributed by atoms with E-state index < -0.39 is 0 Å². The summed E-state index contributed by atoms with van der Waals surface area (Å²) in [6, 6.07) is 49.2. The highest BCUT2D eigenvalue weighted by Gasteiger charge is 2.21. The van der Waals surface area contributed by atoms with Gasteiger partial charge in [-0.25, -0.2) is 0 Å². The summed E-state index contributed by atoms with van der Waals surface area (Å²) in [5.41, 5.74) is 10.8. The third kappa shape index (κ3) is 3.03. The minimum atomic E-state index is 1.00. The maximum absolute atomic E-state index is 2.43. The lowest BCUT2D eigenvalue weighted by atomic mass is 9.84. The Bertz CT molecular complexity index is 1950. The van der Waals surface area contributed by atoms with E-state index in [-0.39, 0.29) is 0 Å². The summed E-state index contributed by atoms with van der Waals surface area (Å²) < 4.78 is 0. The number of fused-ring (bicyclic) bond motifs is 6. The smallest absolute Gasteiger partial charge is 0.00132 e. The molecule has 0 saturated heterocycles. The van der Waals surface area contributed by atoms with Crippen molar-refractivity contribution in [3.8, 4) is 33.4 Å². The van der Waals surface area contributed by atoms with Crippen LogP contribution in [0.25, 0.3) is 65.7 Å². The van der Waals surface area contributed by atoms with Gasteiger partial charge in [0.05, 0.1) is 0 Å². The molecule has 7 aromatic rings. The van der Waals surface area contributed by atoms with E-state index in [0.29, 0.717) is 0 Å². The molecule has 0 atom stereocenters. The molecule has 0 fully saturated rings. The largest absolute Gasteiger partial charge is 0.0619 e. The van der Waals surface area contributed by atoms with E-state index in [2.05, 4.69) is 133 Å². The maximum atomic E-state index is 2.43. The van der Waals surface area contributed by atoms with Crippen LogP contribution in [0.1, 0.15) is 11.1 Å². The van der Waals surface area contributed by atoms with Gasteiger partial charge in [0, 0.05) is 0 Å². The van der Waals surface area contributed by atoms with Gasteiger partial charge < -0.3 is 0 Å². The van der Waals surface area contributed by atoms with Crippen LogP contribution in [0.5, 0.6) is 0 Å². The Balaban J connectivity index is 1.46. The lowest BCUT2D eigenvalue weighted by Crippen LogP contribution is -1.92. The summed E-state index contributed by atoms with van der Waals surface area (Å²) in [7, 11) is 0. The van der Waals surface area contributed by atoms with Crippen LogP contribution in [-0.2, 0) is 6.42 Å². The topological polar surface area (TPSA) is 0 Å². The first kappa shape index (κ1) is 20.5. The van der Waals surface area contributed by atoms with Gasteiger partial charge in [0.15, 0.2) is 0 Å². The highest BCUT2D eigenvalue weighted by atomic mass is 14.2. The van der Waals surface area contributed by atoms with Crippen LogP contribution in [0.3, 0.4) is 0 Å². The second-order valence-electron chi connectivity index (χ2n) is 10.1. The Morgan fingerprint density at radius 3 is 1.65 bits per heavy atom. The molecule has 0 N–H and O–H groups in total. The van der Waals surface area contributed by atoms with Crippen molar-refractivity contribution in [2.24, 2.45) is 0 Å². The Morgan fingerprint density at radius 2 is 0.892 bits per heavy atom. The van der Waals surface area contributed by atoms with E-state index in [1.165, 1.54) is 76.8 Å². The Morgan fingerprint density at radius 1 is 0.351 bits per heavy atom. The highest BCUT2D eigenvalue weighted by Crippen LogP contribution is 2.46. The zero-order chi connectivity index (χ0) is 24.3. The average Bonchev–Trinajstić information content (AvgIpc) is 3.33. The van der Waals surface area contributed by atoms with Gasteiger partial charge in [0.1, 0.15) is 0 Å². The molecule has 0 saturated carbocycles. The van der Waals surface area contributed by atoms with E-state index in [1.807, 2.05) is 0 Å². The lowest BCUT2D eigenvalue weighted by Gasteiger charge is -2.19. The molecule has 0 heterocycles. The van der Waals surface area contributed by atoms with Crippen molar-refractivity contribution in [1.82, 2.24) is 0 Å². The second kappa shape index (κ2) is 7.91. The van der Waals surface area contributed by atoms with Gasteiger partial charge in [0.25, 0.3) is 0 Å². The predicted molar refractivity (Wildman–Crippen MR) is 158 cm³/mol. The summed E-state index contributed by atoms with van der Waals surface area (Å²) in [6.45, 7) is 0. The van der Waals surface area contributed by atoms with E-state index in [9.17, 15) is 0 Å². The van der Waals surface area contributed by atoms with Gasteiger partial charge in [-0.2, -0.15) is 0 Å². The van der Waals surface area contributed by atoms with Crippen LogP contribution in [-0.4, -0.2) is 0 Å². The Labute approximate surface area is 216 Å². The molecule has 0 heteroatoms. The molecule has 0 spiro atoms. The fourth-order valence-electron chi connectivity index (χ4n) is 6.47. The standard InChI is InChI=1S/C37H24/c1-3-13-28-24(10-1)12-9-19-31(28)37-34-17-7-5-15-32(34)36(33-16-6-8-18-35(33)37)26-20-21-30-27(23-26)22-25-11-2-4-14-29(25)30/h1-21,23H,22H2. The molecule has 0 nitrogen and oxygen atoms in total. The third-order valence-electron chi connectivity index (χ3n) is 8.07. The molecule has 0 aromatic heterocycles. The zero-order valence-corrected chi connectivity index (χ0v) is 20.4. The molecular formula is C37H24. The van der Waals surface area contributed by atoms with Crippen LogP contribution in [0.2, 0.25) is 0 Å². The Hall–Kier alpha value is -4.68. The molecule has 172 valence electrons. The maximum Gasteiger partial charge on any atom is -0.00132 e. The molecule has 37 heavy (non-hydrogen) atoms. The first-order chi connectivity index (χ1) is 18.4. The summed E-state index contributed by atoms with van der Waals surface area (Å²) in [5, 5.41) is 7.78. The normalized spacial score (nSPS) is 12.2. The molecule has 7 aromatic carbocycles. The minimum absolute atomic E-state index is 1.00. The predicted octanol–water partition coefficient (Wildman–Crippen LogP) is 10.1. The van der Waals surface area contributed by atoms with Gasteiger partial charge in [-0.15, -0.1) is 0 Å². The fourth-order valence-corrected chi connectivity index (χ4v) is 6.47. The van der Waals surface area contributed by atoms with Crippen LogP contribution >= 0.6 is 0 Å². The minimum Gasteiger partial charge on any atom is -0.0619 e. The van der Waals surface area contributed by atoms with Gasteiger partial charge in [0.2, 0.25) is 0 Å². The van der Waals surface area contributed by atoms with Crippen LogP contribution < -0.4 is 0 Å². The summed E-state index contributed by atoms with van der Waals surface area (Å²) in [5.74, 6) is 0. The summed E-state index contributed by atoms with van der Waals surface area (Å²) >= 11 is 0. The number of rotatable bonds is 2. The molecule has 1 aliphatic rings. The second-order valence-corrected chi connectivity index (χ2v) is 10.1. The van der Waals surface area contributed by atoms with Gasteiger partial charge >= 0.3 is 0 Å². The van der Waals surface area contributed by atoms with Gasteiger partial charge in [-0.3, -0.25) is 0 Å². The van der Waals surface area contributed by atoms with Crippen LogP contribution in [0.4, 0.5) is 0 Å². The van der Waals surface area contributed by atoms with E-state index in [4.69, 9.17) is 0 Å². The van der Waals surface area contributed by atoms with E-state index in [1.54, 1.807) is 0 Å². The quantitative estimate of drug-likeness (QED) is 0.221. The summed E-state index contributed by atoms with van der Waals surface area (Å²) in [4.78, 5) is 0. The van der Waals surface area contributed by atoms with Crippen molar-refractivity contribution < 1.29 is 0 Å². The van der Waals surface area contributed by atoms with Gasteiger partial charge in [-0.1, -0.05) is 133 Å². The molecule has 0 bridgehead atoms. The number of benzene rings is 7. The molecule has 0 amide bonds. The van der Waals surface area contributed by atoms with Crippen LogP contribution in [0, 0.1) is 0 Å². The molecule has 8 rings (SSSR count). The molecule has 0 aliphatic heterocycles.